The fourth-order valence-corrected chi connectivity index (χ4v) is 6.58. The second-order valence-electron chi connectivity index (χ2n) is 11.7. The van der Waals surface area contributed by atoms with Crippen molar-refractivity contribution in [1.82, 2.24) is 19.4 Å². The Morgan fingerprint density at radius 3 is 2.63 bits per heavy atom. The summed E-state index contributed by atoms with van der Waals surface area (Å²) in [6.07, 6.45) is 4.04. The maximum absolute atomic E-state index is 16.0. The summed E-state index contributed by atoms with van der Waals surface area (Å²) in [5.74, 6) is -2.34. The highest BCUT2D eigenvalue weighted by molar-refractivity contribution is 5.95. The minimum atomic E-state index is -0.838. The highest BCUT2D eigenvalue weighted by Gasteiger charge is 2.39. The topological polar surface area (TPSA) is 91.6 Å². The number of hydrogen-bond acceptors (Lipinski definition) is 6. The molecule has 1 aromatic carbocycles. The van der Waals surface area contributed by atoms with Gasteiger partial charge in [-0.2, -0.15) is 0 Å². The van der Waals surface area contributed by atoms with Crippen molar-refractivity contribution in [3.05, 3.63) is 88.0 Å². The van der Waals surface area contributed by atoms with Gasteiger partial charge in [-0.3, -0.25) is 19.1 Å². The largest absolute Gasteiger partial charge is 0.507 e. The Labute approximate surface area is 247 Å². The van der Waals surface area contributed by atoms with Crippen LogP contribution in [0.15, 0.2) is 54.0 Å². The number of aryl methyl sites for hydroxylation is 1. The molecule has 10 heteroatoms. The van der Waals surface area contributed by atoms with Gasteiger partial charge in [0.25, 0.3) is 5.56 Å². The standard InChI is InChI=1S/C33H33F2N5O3/c1-6-26(42)38-16-20-10-11-21-31(39(20)15-19(38)5)22-14-24(35)29(27-23(34)8-7-9-25(27)41)37-32(22)40(33(21)43)30-18(4)12-13-36-28(30)17(2)3/h6-9,12-14,17,19-20,41H,1,10-11,15-16H2,2-5H3. The number of halogens is 2. The third-order valence-electron chi connectivity index (χ3n) is 8.64. The zero-order chi connectivity index (χ0) is 30.7. The molecule has 8 nitrogen and oxygen atoms in total. The molecule has 1 amide bonds. The van der Waals surface area contributed by atoms with Crippen molar-refractivity contribution < 1.29 is 18.7 Å². The Balaban J connectivity index is 1.70. The molecule has 0 saturated carbocycles. The number of hydrogen-bond donors (Lipinski definition) is 1. The number of benzene rings is 1. The van der Waals surface area contributed by atoms with Gasteiger partial charge >= 0.3 is 0 Å². The number of aromatic nitrogens is 3. The predicted octanol–water partition coefficient (Wildman–Crippen LogP) is 5.40. The molecule has 1 saturated heterocycles. The molecule has 222 valence electrons. The lowest BCUT2D eigenvalue weighted by atomic mass is 9.91. The minimum absolute atomic E-state index is 0.0517. The molecule has 2 aliphatic rings. The van der Waals surface area contributed by atoms with Crippen LogP contribution >= 0.6 is 0 Å². The van der Waals surface area contributed by atoms with Crippen LogP contribution in [-0.2, 0) is 11.2 Å². The van der Waals surface area contributed by atoms with Gasteiger partial charge in [-0.25, -0.2) is 13.8 Å². The van der Waals surface area contributed by atoms with Crippen molar-refractivity contribution in [2.75, 3.05) is 18.0 Å². The SMILES string of the molecule is C=CC(=O)N1CC2CCc3c(c4cc(F)c(-c5c(O)cccc5F)nc4n(-c4c(C)ccnc4C(C)C)c3=O)N2CC1C. The summed E-state index contributed by atoms with van der Waals surface area (Å²) >= 11 is 0. The van der Waals surface area contributed by atoms with Gasteiger partial charge in [-0.05, 0) is 68.5 Å². The van der Waals surface area contributed by atoms with Crippen molar-refractivity contribution in [3.8, 4) is 22.7 Å². The monoisotopic (exact) mass is 585 g/mol. The van der Waals surface area contributed by atoms with E-state index in [0.29, 0.717) is 53.9 Å². The first-order chi connectivity index (χ1) is 20.5. The van der Waals surface area contributed by atoms with Crippen LogP contribution in [0.3, 0.4) is 0 Å². The molecule has 1 N–H and O–H groups in total. The highest BCUT2D eigenvalue weighted by Crippen LogP contribution is 2.41. The predicted molar refractivity (Wildman–Crippen MR) is 162 cm³/mol. The highest BCUT2D eigenvalue weighted by atomic mass is 19.1. The third kappa shape index (κ3) is 4.47. The number of pyridine rings is 3. The van der Waals surface area contributed by atoms with Gasteiger partial charge in [0.15, 0.2) is 5.82 Å². The number of carbonyl (C=O) groups excluding carboxylic acids is 1. The van der Waals surface area contributed by atoms with Crippen molar-refractivity contribution in [1.29, 1.82) is 0 Å². The van der Waals surface area contributed by atoms with E-state index in [1.54, 1.807) is 17.2 Å². The van der Waals surface area contributed by atoms with Crippen LogP contribution < -0.4 is 10.5 Å². The Morgan fingerprint density at radius 2 is 1.93 bits per heavy atom. The molecule has 2 unspecified atom stereocenters. The maximum atomic E-state index is 16.0. The molecular weight excluding hydrogens is 552 g/mol. The zero-order valence-corrected chi connectivity index (χ0v) is 24.6. The van der Waals surface area contributed by atoms with Crippen LogP contribution in [0.5, 0.6) is 5.75 Å². The van der Waals surface area contributed by atoms with Crippen LogP contribution in [0.25, 0.3) is 28.0 Å². The zero-order valence-electron chi connectivity index (χ0n) is 24.6. The summed E-state index contributed by atoms with van der Waals surface area (Å²) in [6.45, 7) is 12.3. The first kappa shape index (κ1) is 28.5. The Morgan fingerprint density at radius 1 is 1.16 bits per heavy atom. The molecule has 4 aromatic rings. The average Bonchev–Trinajstić information content (AvgIpc) is 2.97. The summed E-state index contributed by atoms with van der Waals surface area (Å²) in [5.41, 5.74) is 2.16. The lowest BCUT2D eigenvalue weighted by Gasteiger charge is -2.49. The van der Waals surface area contributed by atoms with Gasteiger partial charge in [0.2, 0.25) is 5.91 Å². The number of anilines is 1. The van der Waals surface area contributed by atoms with E-state index in [1.807, 2.05) is 27.7 Å². The third-order valence-corrected chi connectivity index (χ3v) is 8.64. The van der Waals surface area contributed by atoms with E-state index in [9.17, 15) is 14.7 Å². The molecule has 0 aliphatic carbocycles. The smallest absolute Gasteiger partial charge is 0.262 e. The molecule has 5 heterocycles. The quantitative estimate of drug-likeness (QED) is 0.323. The first-order valence-corrected chi connectivity index (χ1v) is 14.4. The fraction of sp³-hybridized carbons (Fsp3) is 0.333. The van der Waals surface area contributed by atoms with E-state index >= 15 is 8.78 Å². The molecule has 2 atom stereocenters. The van der Waals surface area contributed by atoms with Gasteiger partial charge < -0.3 is 14.9 Å². The van der Waals surface area contributed by atoms with Crippen LogP contribution in [0.2, 0.25) is 0 Å². The van der Waals surface area contributed by atoms with E-state index in [-0.39, 0.29) is 40.7 Å². The fourth-order valence-electron chi connectivity index (χ4n) is 6.58. The lowest BCUT2D eigenvalue weighted by molar-refractivity contribution is -0.129. The number of carbonyl (C=O) groups is 1. The summed E-state index contributed by atoms with van der Waals surface area (Å²) in [5, 5.41) is 10.9. The van der Waals surface area contributed by atoms with E-state index in [4.69, 9.17) is 0 Å². The Hall–Kier alpha value is -4.60. The number of phenols is 1. The average molecular weight is 586 g/mol. The van der Waals surface area contributed by atoms with Gasteiger partial charge in [-0.15, -0.1) is 0 Å². The van der Waals surface area contributed by atoms with Gasteiger partial charge in [0, 0.05) is 42.3 Å². The molecule has 0 radical (unpaired) electrons. The molecular formula is C33H33F2N5O3. The number of rotatable bonds is 4. The van der Waals surface area contributed by atoms with Gasteiger partial charge in [0.1, 0.15) is 22.9 Å². The summed E-state index contributed by atoms with van der Waals surface area (Å²) in [7, 11) is 0. The minimum Gasteiger partial charge on any atom is -0.507 e. The van der Waals surface area contributed by atoms with Crippen molar-refractivity contribution in [2.45, 2.75) is 58.5 Å². The first-order valence-electron chi connectivity index (χ1n) is 14.4. The van der Waals surface area contributed by atoms with Crippen molar-refractivity contribution >= 4 is 22.6 Å². The normalized spacial score (nSPS) is 18.1. The molecule has 0 spiro atoms. The maximum Gasteiger partial charge on any atom is 0.262 e. The van der Waals surface area contributed by atoms with E-state index in [2.05, 4.69) is 21.4 Å². The summed E-state index contributed by atoms with van der Waals surface area (Å²) < 4.78 is 32.6. The molecule has 43 heavy (non-hydrogen) atoms. The Bertz CT molecular complexity index is 1850. The van der Waals surface area contributed by atoms with Gasteiger partial charge in [-0.1, -0.05) is 26.5 Å². The van der Waals surface area contributed by atoms with Crippen molar-refractivity contribution in [3.63, 3.8) is 0 Å². The number of phenolic OH excluding ortho intramolecular Hbond substituents is 1. The number of aromatic hydroxyl groups is 1. The second-order valence-corrected chi connectivity index (χ2v) is 11.7. The van der Waals surface area contributed by atoms with E-state index < -0.39 is 23.1 Å². The van der Waals surface area contributed by atoms with Crippen LogP contribution in [0.4, 0.5) is 14.5 Å². The van der Waals surface area contributed by atoms with Crippen LogP contribution in [0, 0.1) is 18.6 Å². The van der Waals surface area contributed by atoms with Crippen LogP contribution in [-0.4, -0.2) is 55.6 Å². The number of fused-ring (bicyclic) bond motifs is 5. The van der Waals surface area contributed by atoms with Gasteiger partial charge in [0.05, 0.1) is 22.6 Å². The second kappa shape index (κ2) is 10.6. The summed E-state index contributed by atoms with van der Waals surface area (Å²) in [4.78, 5) is 40.2. The lowest BCUT2D eigenvalue weighted by Crippen LogP contribution is -2.60. The van der Waals surface area contributed by atoms with E-state index in [0.717, 1.165) is 11.6 Å². The number of piperazine rings is 1. The van der Waals surface area contributed by atoms with Crippen LogP contribution in [0.1, 0.15) is 49.9 Å². The number of amides is 1. The number of nitrogens with zero attached hydrogens (tertiary/aromatic N) is 5. The molecule has 3 aromatic heterocycles. The Kier molecular flexibility index (Phi) is 7.02. The molecule has 0 bridgehead atoms. The van der Waals surface area contributed by atoms with E-state index in [1.165, 1.54) is 28.8 Å². The molecule has 2 aliphatic heterocycles. The molecule has 6 rings (SSSR count). The molecule has 1 fully saturated rings. The van der Waals surface area contributed by atoms with Crippen molar-refractivity contribution in [2.24, 2.45) is 0 Å². The summed E-state index contributed by atoms with van der Waals surface area (Å²) in [6, 6.07) is 6.51.